The van der Waals surface area contributed by atoms with Crippen molar-refractivity contribution < 1.29 is 4.42 Å². The number of hydrogen-bond acceptors (Lipinski definition) is 4. The standard InChI is InChI=1S/C66H42N4O/c1-66(2)57-27-12-8-21-48(57)56-37-54-46-20-7-6-19-45(46)53-36-40(31-32-47(53)55(54)38-58(56)66)64-67-63(39-17-4-3-5-18-39)68-65(69-64)42-33-41(44-25-16-26-52-51-24-11-15-30-61(51)71-62(44)52)34-43(35-42)70-59-28-13-9-22-49(59)50-23-10-14-29-60(50)70/h3-38H,1-2H3. The van der Waals surface area contributed by atoms with Crippen LogP contribution in [-0.2, 0) is 5.41 Å². The Hall–Kier alpha value is -9.19. The molecule has 11 aromatic carbocycles. The highest BCUT2D eigenvalue weighted by Crippen LogP contribution is 2.51. The maximum Gasteiger partial charge on any atom is 0.164 e. The number of benzene rings is 11. The molecule has 0 aliphatic heterocycles. The zero-order valence-corrected chi connectivity index (χ0v) is 39.0. The lowest BCUT2D eigenvalue weighted by Crippen LogP contribution is -2.14. The molecule has 1 aliphatic rings. The summed E-state index contributed by atoms with van der Waals surface area (Å²) in [6.45, 7) is 4.71. The van der Waals surface area contributed by atoms with E-state index in [1.807, 2.05) is 30.3 Å². The Bertz CT molecular complexity index is 4510. The fourth-order valence-corrected chi connectivity index (χ4v) is 11.8. The Kier molecular flexibility index (Phi) is 8.35. The van der Waals surface area contributed by atoms with Gasteiger partial charge in [-0.1, -0.05) is 178 Å². The van der Waals surface area contributed by atoms with Crippen molar-refractivity contribution in [1.82, 2.24) is 19.5 Å². The molecule has 0 saturated carbocycles. The first kappa shape index (κ1) is 39.8. The lowest BCUT2D eigenvalue weighted by atomic mass is 9.81. The van der Waals surface area contributed by atoms with Crippen molar-refractivity contribution in [3.05, 3.63) is 230 Å². The molecule has 0 bridgehead atoms. The van der Waals surface area contributed by atoms with Gasteiger partial charge in [0, 0.05) is 54.9 Å². The first-order chi connectivity index (χ1) is 34.9. The Morgan fingerprint density at radius 2 is 0.887 bits per heavy atom. The minimum atomic E-state index is -0.121. The van der Waals surface area contributed by atoms with Crippen LogP contribution in [0, 0.1) is 0 Å². The molecular formula is C66H42N4O. The Morgan fingerprint density at radius 3 is 1.65 bits per heavy atom. The first-order valence-electron chi connectivity index (χ1n) is 24.3. The number of hydrogen-bond donors (Lipinski definition) is 0. The molecule has 0 fully saturated rings. The maximum atomic E-state index is 6.70. The third kappa shape index (κ3) is 5.90. The van der Waals surface area contributed by atoms with Crippen LogP contribution in [0.25, 0.3) is 138 Å². The van der Waals surface area contributed by atoms with Crippen molar-refractivity contribution in [3.8, 4) is 62.1 Å². The van der Waals surface area contributed by atoms with Crippen LogP contribution in [0.5, 0.6) is 0 Å². The van der Waals surface area contributed by atoms with E-state index in [1.54, 1.807) is 0 Å². The molecule has 0 atom stereocenters. The van der Waals surface area contributed by atoms with Gasteiger partial charge in [-0.05, 0) is 115 Å². The summed E-state index contributed by atoms with van der Waals surface area (Å²) in [6, 6.07) is 78.3. The number of furan rings is 1. The van der Waals surface area contributed by atoms with E-state index in [2.05, 4.69) is 206 Å². The summed E-state index contributed by atoms with van der Waals surface area (Å²) in [4.78, 5) is 16.1. The number of fused-ring (bicyclic) bond motifs is 15. The second-order valence-electron chi connectivity index (χ2n) is 19.5. The molecule has 5 nitrogen and oxygen atoms in total. The van der Waals surface area contributed by atoms with E-state index < -0.39 is 0 Å². The molecule has 0 N–H and O–H groups in total. The van der Waals surface area contributed by atoms with Gasteiger partial charge in [-0.2, -0.15) is 0 Å². The fraction of sp³-hybridized carbons (Fsp3) is 0.0455. The summed E-state index contributed by atoms with van der Waals surface area (Å²) in [5, 5.41) is 11.9. The van der Waals surface area contributed by atoms with E-state index in [9.17, 15) is 0 Å². The summed E-state index contributed by atoms with van der Waals surface area (Å²) in [5.74, 6) is 1.79. The van der Waals surface area contributed by atoms with Gasteiger partial charge in [-0.15, -0.1) is 0 Å². The minimum absolute atomic E-state index is 0.121. The summed E-state index contributed by atoms with van der Waals surface area (Å²) in [7, 11) is 0. The van der Waals surface area contributed by atoms with Crippen molar-refractivity contribution in [1.29, 1.82) is 0 Å². The fourth-order valence-electron chi connectivity index (χ4n) is 11.8. The zero-order valence-electron chi connectivity index (χ0n) is 39.0. The van der Waals surface area contributed by atoms with E-state index in [0.717, 1.165) is 71.9 Å². The molecule has 0 amide bonds. The van der Waals surface area contributed by atoms with Gasteiger partial charge in [0.2, 0.25) is 0 Å². The van der Waals surface area contributed by atoms with E-state index in [-0.39, 0.29) is 5.41 Å². The molecular weight excluding hydrogens is 865 g/mol. The van der Waals surface area contributed by atoms with Gasteiger partial charge in [0.05, 0.1) is 11.0 Å². The van der Waals surface area contributed by atoms with Gasteiger partial charge in [0.1, 0.15) is 11.2 Å². The number of rotatable bonds is 5. The highest BCUT2D eigenvalue weighted by atomic mass is 16.3. The summed E-state index contributed by atoms with van der Waals surface area (Å²) >= 11 is 0. The van der Waals surface area contributed by atoms with E-state index in [4.69, 9.17) is 19.4 Å². The third-order valence-electron chi connectivity index (χ3n) is 15.2. The summed E-state index contributed by atoms with van der Waals surface area (Å²) in [6.07, 6.45) is 0. The highest BCUT2D eigenvalue weighted by molar-refractivity contribution is 6.26. The average Bonchev–Trinajstić information content (AvgIpc) is 4.06. The van der Waals surface area contributed by atoms with E-state index >= 15 is 0 Å². The molecule has 14 aromatic rings. The largest absolute Gasteiger partial charge is 0.455 e. The van der Waals surface area contributed by atoms with Crippen LogP contribution in [0.3, 0.4) is 0 Å². The molecule has 3 heterocycles. The molecule has 332 valence electrons. The van der Waals surface area contributed by atoms with Crippen LogP contribution >= 0.6 is 0 Å². The minimum Gasteiger partial charge on any atom is -0.455 e. The van der Waals surface area contributed by atoms with Crippen LogP contribution in [-0.4, -0.2) is 19.5 Å². The van der Waals surface area contributed by atoms with Crippen LogP contribution in [0.4, 0.5) is 0 Å². The number of aromatic nitrogens is 4. The Labute approximate surface area is 409 Å². The molecule has 15 rings (SSSR count). The van der Waals surface area contributed by atoms with Gasteiger partial charge in [0.25, 0.3) is 0 Å². The van der Waals surface area contributed by atoms with Crippen LogP contribution < -0.4 is 0 Å². The molecule has 0 spiro atoms. The Balaban J connectivity index is 0.979. The van der Waals surface area contributed by atoms with Crippen LogP contribution in [0.2, 0.25) is 0 Å². The molecule has 0 radical (unpaired) electrons. The monoisotopic (exact) mass is 906 g/mol. The number of para-hydroxylation sites is 4. The van der Waals surface area contributed by atoms with Crippen molar-refractivity contribution in [2.45, 2.75) is 19.3 Å². The predicted molar refractivity (Wildman–Crippen MR) is 293 cm³/mol. The van der Waals surface area contributed by atoms with Crippen LogP contribution in [0.1, 0.15) is 25.0 Å². The van der Waals surface area contributed by atoms with E-state index in [0.29, 0.717) is 17.5 Å². The van der Waals surface area contributed by atoms with Gasteiger partial charge in [-0.25, -0.2) is 15.0 Å². The zero-order chi connectivity index (χ0) is 47.0. The third-order valence-corrected chi connectivity index (χ3v) is 15.2. The lowest BCUT2D eigenvalue weighted by Gasteiger charge is -2.22. The van der Waals surface area contributed by atoms with Gasteiger partial charge >= 0.3 is 0 Å². The van der Waals surface area contributed by atoms with Crippen LogP contribution in [0.15, 0.2) is 223 Å². The first-order valence-corrected chi connectivity index (χ1v) is 24.3. The topological polar surface area (TPSA) is 56.7 Å². The van der Waals surface area contributed by atoms with E-state index in [1.165, 1.54) is 60.0 Å². The van der Waals surface area contributed by atoms with Crippen molar-refractivity contribution in [2.75, 3.05) is 0 Å². The number of nitrogens with zero attached hydrogens (tertiary/aromatic N) is 4. The molecule has 0 unspecified atom stereocenters. The van der Waals surface area contributed by atoms with Crippen molar-refractivity contribution >= 4 is 76.1 Å². The highest BCUT2D eigenvalue weighted by Gasteiger charge is 2.36. The lowest BCUT2D eigenvalue weighted by molar-refractivity contribution is 0.661. The predicted octanol–water partition coefficient (Wildman–Crippen LogP) is 17.3. The van der Waals surface area contributed by atoms with Crippen molar-refractivity contribution in [2.24, 2.45) is 0 Å². The maximum absolute atomic E-state index is 6.70. The normalized spacial score (nSPS) is 13.0. The smallest absolute Gasteiger partial charge is 0.164 e. The van der Waals surface area contributed by atoms with Gasteiger partial charge < -0.3 is 8.98 Å². The molecule has 71 heavy (non-hydrogen) atoms. The second-order valence-corrected chi connectivity index (χ2v) is 19.5. The van der Waals surface area contributed by atoms with Crippen molar-refractivity contribution in [3.63, 3.8) is 0 Å². The summed E-state index contributed by atoms with van der Waals surface area (Å²) < 4.78 is 9.07. The van der Waals surface area contributed by atoms with Gasteiger partial charge in [-0.3, -0.25) is 0 Å². The molecule has 5 heteroatoms. The quantitative estimate of drug-likeness (QED) is 0.161. The average molecular weight is 907 g/mol. The van der Waals surface area contributed by atoms with Gasteiger partial charge in [0.15, 0.2) is 17.5 Å². The summed E-state index contributed by atoms with van der Waals surface area (Å²) in [5.41, 5.74) is 14.9. The Morgan fingerprint density at radius 1 is 0.338 bits per heavy atom. The second kappa shape index (κ2) is 14.9. The molecule has 0 saturated heterocycles. The SMILES string of the molecule is CC1(C)c2ccccc2-c2cc3c4ccccc4c4cc(-c5nc(-c6ccccc6)nc(-c6cc(-c7cccc8c7oc7ccccc78)cc(-n7c8ccccc8c8ccccc87)c6)n5)ccc4c3cc21. The molecule has 1 aliphatic carbocycles. The molecule has 3 aromatic heterocycles.